The molecule has 1 aliphatic heterocycles. The summed E-state index contributed by atoms with van der Waals surface area (Å²) in [6.45, 7) is 1.69. The largest absolute Gasteiger partial charge is 0.312 e. The molecule has 0 amide bonds. The zero-order valence-corrected chi connectivity index (χ0v) is 14.1. The quantitative estimate of drug-likeness (QED) is 0.722. The Morgan fingerprint density at radius 3 is 2.13 bits per heavy atom. The molecule has 2 spiro atoms. The van der Waals surface area contributed by atoms with Crippen LogP contribution in [-0.4, -0.2) is 17.4 Å². The first-order chi connectivity index (χ1) is 11.1. The van der Waals surface area contributed by atoms with E-state index in [1.165, 1.54) is 32.1 Å². The van der Waals surface area contributed by atoms with Crippen LogP contribution >= 0.6 is 0 Å². The summed E-state index contributed by atoms with van der Waals surface area (Å²) in [6.07, 6.45) is 11.0. The van der Waals surface area contributed by atoms with Crippen LogP contribution in [0.2, 0.25) is 0 Å². The number of hydrogen-bond donors (Lipinski definition) is 0. The van der Waals surface area contributed by atoms with Crippen LogP contribution in [0.25, 0.3) is 0 Å². The molecule has 0 aromatic rings. The van der Waals surface area contributed by atoms with Gasteiger partial charge in [0.15, 0.2) is 0 Å². The van der Waals surface area contributed by atoms with E-state index < -0.39 is 11.6 Å². The normalized spacial score (nSPS) is 54.2. The summed E-state index contributed by atoms with van der Waals surface area (Å²) in [7, 11) is 0. The summed E-state index contributed by atoms with van der Waals surface area (Å²) in [6, 6.07) is 0. The molecule has 23 heavy (non-hydrogen) atoms. The van der Waals surface area contributed by atoms with Crippen LogP contribution in [0.15, 0.2) is 0 Å². The van der Waals surface area contributed by atoms with Crippen LogP contribution < -0.4 is 0 Å². The Morgan fingerprint density at radius 1 is 0.957 bits per heavy atom. The van der Waals surface area contributed by atoms with E-state index in [1.54, 1.807) is 6.92 Å². The van der Waals surface area contributed by atoms with E-state index in [1.807, 2.05) is 0 Å². The van der Waals surface area contributed by atoms with Crippen LogP contribution in [0, 0.1) is 29.6 Å². The van der Waals surface area contributed by atoms with Crippen molar-refractivity contribution >= 4 is 5.78 Å². The first kappa shape index (κ1) is 14.9. The number of carbonyl (C=O) groups excluding carboxylic acids is 1. The number of carbonyl (C=O) groups is 1. The molecule has 4 bridgehead atoms. The highest BCUT2D eigenvalue weighted by Crippen LogP contribution is 2.63. The topological polar surface area (TPSA) is 44.8 Å². The highest BCUT2D eigenvalue weighted by atomic mass is 17.3. The SMILES string of the molecule is CC(=O)CC1CC[C@]2(CC1)OO[C@]1(O2)[C@@H]2C[C@H]3C[C@@H](C2)C[C@@H]1C3. The third kappa shape index (κ3) is 2.25. The lowest BCUT2D eigenvalue weighted by atomic mass is 9.53. The molecule has 6 fully saturated rings. The molecule has 1 heterocycles. The molecule has 5 aliphatic carbocycles. The Labute approximate surface area is 138 Å². The smallest absolute Gasteiger partial charge is 0.210 e. The van der Waals surface area contributed by atoms with E-state index >= 15 is 0 Å². The minimum absolute atomic E-state index is 0.299. The Kier molecular flexibility index (Phi) is 3.25. The van der Waals surface area contributed by atoms with Crippen molar-refractivity contribution in [3.63, 3.8) is 0 Å². The molecule has 1 saturated heterocycles. The zero-order chi connectivity index (χ0) is 15.7. The molecule has 0 aromatic carbocycles. The second kappa shape index (κ2) is 5.03. The van der Waals surface area contributed by atoms with Gasteiger partial charge in [-0.2, -0.15) is 9.78 Å². The van der Waals surface area contributed by atoms with Crippen molar-refractivity contribution in [1.82, 2.24) is 0 Å². The fraction of sp³-hybridized carbons (Fsp3) is 0.947. The Bertz CT molecular complexity index is 477. The van der Waals surface area contributed by atoms with Gasteiger partial charge in [-0.05, 0) is 69.6 Å². The molecule has 4 nitrogen and oxygen atoms in total. The van der Waals surface area contributed by atoms with Crippen molar-refractivity contribution in [2.24, 2.45) is 29.6 Å². The third-order valence-corrected chi connectivity index (χ3v) is 7.39. The van der Waals surface area contributed by atoms with Crippen LogP contribution in [-0.2, 0) is 19.3 Å². The van der Waals surface area contributed by atoms with E-state index in [4.69, 9.17) is 14.5 Å². The highest BCUT2D eigenvalue weighted by Gasteiger charge is 2.66. The molecular formula is C19H28O4. The molecule has 0 N–H and O–H groups in total. The van der Waals surface area contributed by atoms with Gasteiger partial charge in [0.25, 0.3) is 0 Å². The summed E-state index contributed by atoms with van der Waals surface area (Å²) in [5.74, 6) is 2.70. The van der Waals surface area contributed by atoms with Crippen LogP contribution in [0.1, 0.15) is 71.1 Å². The first-order valence-corrected chi connectivity index (χ1v) is 9.63. The van der Waals surface area contributed by atoms with E-state index in [0.717, 1.165) is 37.5 Å². The van der Waals surface area contributed by atoms with Crippen molar-refractivity contribution < 1.29 is 19.3 Å². The van der Waals surface area contributed by atoms with Gasteiger partial charge in [-0.25, -0.2) is 0 Å². The number of ether oxygens (including phenoxy) is 1. The molecule has 4 heteroatoms. The second-order valence-corrected chi connectivity index (χ2v) is 9.05. The van der Waals surface area contributed by atoms with E-state index in [9.17, 15) is 4.79 Å². The molecule has 0 radical (unpaired) electrons. The summed E-state index contributed by atoms with van der Waals surface area (Å²) < 4.78 is 6.68. The lowest BCUT2D eigenvalue weighted by molar-refractivity contribution is -0.390. The third-order valence-electron chi connectivity index (χ3n) is 7.39. The number of hydrogen-bond acceptors (Lipinski definition) is 4. The molecule has 0 unspecified atom stereocenters. The van der Waals surface area contributed by atoms with Gasteiger partial charge in [0.1, 0.15) is 5.78 Å². The molecule has 6 rings (SSSR count). The molecule has 6 aliphatic rings. The molecule has 0 atom stereocenters. The molecular weight excluding hydrogens is 292 g/mol. The van der Waals surface area contributed by atoms with Crippen molar-refractivity contribution in [3.05, 3.63) is 0 Å². The van der Waals surface area contributed by atoms with Gasteiger partial charge in [-0.1, -0.05) is 0 Å². The fourth-order valence-electron chi connectivity index (χ4n) is 6.52. The maximum absolute atomic E-state index is 11.3. The lowest BCUT2D eigenvalue weighted by Gasteiger charge is -2.57. The Balaban J connectivity index is 1.31. The second-order valence-electron chi connectivity index (χ2n) is 9.05. The molecule has 128 valence electrons. The predicted octanol–water partition coefficient (Wildman–Crippen LogP) is 3.98. The van der Waals surface area contributed by atoms with E-state index in [-0.39, 0.29) is 0 Å². The minimum atomic E-state index is -0.525. The summed E-state index contributed by atoms with van der Waals surface area (Å²) in [4.78, 5) is 23.3. The van der Waals surface area contributed by atoms with Gasteiger partial charge in [0, 0.05) is 31.1 Å². The van der Waals surface area contributed by atoms with Gasteiger partial charge < -0.3 is 9.53 Å². The summed E-state index contributed by atoms with van der Waals surface area (Å²) >= 11 is 0. The predicted molar refractivity (Wildman–Crippen MR) is 83.0 cm³/mol. The van der Waals surface area contributed by atoms with E-state index in [0.29, 0.717) is 30.0 Å². The summed E-state index contributed by atoms with van der Waals surface area (Å²) in [5.41, 5.74) is 0. The minimum Gasteiger partial charge on any atom is -0.312 e. The monoisotopic (exact) mass is 320 g/mol. The van der Waals surface area contributed by atoms with Crippen LogP contribution in [0.3, 0.4) is 0 Å². The van der Waals surface area contributed by atoms with Gasteiger partial charge in [0.2, 0.25) is 11.6 Å². The standard InChI is InChI=1S/C19H28O4/c1-12(20)6-13-2-4-18(5-3-13)21-19(23-22-18)16-8-14-7-15(10-16)11-17(19)9-14/h13-17H,2-11H2,1H3/t13?,14-,15+,16-,17+,18-,19-. The van der Waals surface area contributed by atoms with Gasteiger partial charge >= 0.3 is 0 Å². The average molecular weight is 320 g/mol. The van der Waals surface area contributed by atoms with Gasteiger partial charge in [0.05, 0.1) is 0 Å². The Hall–Kier alpha value is -0.450. The van der Waals surface area contributed by atoms with Crippen molar-refractivity contribution in [2.45, 2.75) is 82.7 Å². The van der Waals surface area contributed by atoms with Crippen molar-refractivity contribution in [1.29, 1.82) is 0 Å². The number of rotatable bonds is 2. The van der Waals surface area contributed by atoms with Gasteiger partial charge in [-0.15, -0.1) is 0 Å². The summed E-state index contributed by atoms with van der Waals surface area (Å²) in [5, 5.41) is 0. The zero-order valence-electron chi connectivity index (χ0n) is 14.1. The van der Waals surface area contributed by atoms with Crippen molar-refractivity contribution in [3.8, 4) is 0 Å². The van der Waals surface area contributed by atoms with E-state index in [2.05, 4.69) is 0 Å². The Morgan fingerprint density at radius 2 is 1.57 bits per heavy atom. The first-order valence-electron chi connectivity index (χ1n) is 9.63. The van der Waals surface area contributed by atoms with Crippen LogP contribution in [0.5, 0.6) is 0 Å². The highest BCUT2D eigenvalue weighted by molar-refractivity contribution is 5.75. The maximum Gasteiger partial charge on any atom is 0.210 e. The fourth-order valence-corrected chi connectivity index (χ4v) is 6.52. The molecule has 5 saturated carbocycles. The number of Topliss-reactive ketones (excluding diaryl/α,β-unsaturated/α-hetero) is 1. The average Bonchev–Trinajstić information content (AvgIpc) is 2.87. The molecule has 0 aromatic heterocycles. The van der Waals surface area contributed by atoms with Gasteiger partial charge in [-0.3, -0.25) is 0 Å². The number of ketones is 1. The maximum atomic E-state index is 11.3. The van der Waals surface area contributed by atoms with Crippen LogP contribution in [0.4, 0.5) is 0 Å². The lowest BCUT2D eigenvalue weighted by Crippen LogP contribution is -2.59. The van der Waals surface area contributed by atoms with Crippen molar-refractivity contribution in [2.75, 3.05) is 0 Å².